The van der Waals surface area contributed by atoms with Crippen LogP contribution in [-0.4, -0.2) is 68.5 Å². The third-order valence-electron chi connectivity index (χ3n) is 5.17. The molecule has 7 nitrogen and oxygen atoms in total. The summed E-state index contributed by atoms with van der Waals surface area (Å²) in [4.78, 5) is 29.5. The summed E-state index contributed by atoms with van der Waals surface area (Å²) in [5, 5.41) is 9.60. The molecule has 0 saturated carbocycles. The van der Waals surface area contributed by atoms with Gasteiger partial charge in [0.15, 0.2) is 0 Å². The van der Waals surface area contributed by atoms with Crippen LogP contribution in [0.5, 0.6) is 5.75 Å². The highest BCUT2D eigenvalue weighted by atomic mass is 32.1. The molecule has 29 heavy (non-hydrogen) atoms. The zero-order valence-electron chi connectivity index (χ0n) is 17.1. The van der Waals surface area contributed by atoms with E-state index in [-0.39, 0.29) is 6.04 Å². The van der Waals surface area contributed by atoms with Crippen molar-refractivity contribution in [1.82, 2.24) is 15.1 Å². The van der Waals surface area contributed by atoms with Crippen LogP contribution >= 0.6 is 11.3 Å². The fourth-order valence-corrected chi connectivity index (χ4v) is 4.13. The fraction of sp³-hybridized carbons (Fsp3) is 0.429. The largest absolute Gasteiger partial charge is 0.495 e. The van der Waals surface area contributed by atoms with Gasteiger partial charge in [-0.15, -0.1) is 0 Å². The smallest absolute Gasteiger partial charge is 0.313 e. The van der Waals surface area contributed by atoms with E-state index >= 15 is 0 Å². The summed E-state index contributed by atoms with van der Waals surface area (Å²) in [6.07, 6.45) is 0. The minimum absolute atomic E-state index is 0.0557. The molecule has 1 fully saturated rings. The van der Waals surface area contributed by atoms with E-state index in [4.69, 9.17) is 4.74 Å². The average Bonchev–Trinajstić information content (AvgIpc) is 3.24. The first-order chi connectivity index (χ1) is 14.0. The third-order valence-corrected chi connectivity index (χ3v) is 5.87. The van der Waals surface area contributed by atoms with Crippen molar-refractivity contribution in [3.05, 3.63) is 46.2 Å². The van der Waals surface area contributed by atoms with Crippen molar-refractivity contribution in [3.8, 4) is 5.75 Å². The number of likely N-dealkylation sites (N-methyl/N-ethyl adjacent to an activating group) is 1. The van der Waals surface area contributed by atoms with E-state index in [2.05, 4.69) is 38.9 Å². The molecule has 2 aromatic rings. The Morgan fingerprint density at radius 1 is 1.17 bits per heavy atom. The van der Waals surface area contributed by atoms with Gasteiger partial charge in [-0.25, -0.2) is 0 Å². The second-order valence-electron chi connectivity index (χ2n) is 7.28. The van der Waals surface area contributed by atoms with E-state index in [0.717, 1.165) is 31.7 Å². The summed E-state index contributed by atoms with van der Waals surface area (Å²) in [7, 11) is 3.64. The van der Waals surface area contributed by atoms with Gasteiger partial charge >= 0.3 is 11.8 Å². The number of hydrogen-bond donors (Lipinski definition) is 2. The average molecular weight is 417 g/mol. The van der Waals surface area contributed by atoms with Gasteiger partial charge in [-0.1, -0.05) is 6.07 Å². The molecular formula is C21H28N4O3S. The Kier molecular flexibility index (Phi) is 7.24. The monoisotopic (exact) mass is 416 g/mol. The second kappa shape index (κ2) is 9.87. The van der Waals surface area contributed by atoms with E-state index < -0.39 is 11.8 Å². The number of nitrogens with one attached hydrogen (secondary N) is 2. The predicted molar refractivity (Wildman–Crippen MR) is 116 cm³/mol. The lowest BCUT2D eigenvalue weighted by atomic mass is 10.1. The predicted octanol–water partition coefficient (Wildman–Crippen LogP) is 2.11. The summed E-state index contributed by atoms with van der Waals surface area (Å²) in [5.41, 5.74) is 2.62. The summed E-state index contributed by atoms with van der Waals surface area (Å²) in [6.45, 7) is 6.14. The summed E-state index contributed by atoms with van der Waals surface area (Å²) >= 11 is 1.64. The van der Waals surface area contributed by atoms with Crippen molar-refractivity contribution in [2.24, 2.45) is 0 Å². The van der Waals surface area contributed by atoms with E-state index in [1.54, 1.807) is 23.5 Å². The van der Waals surface area contributed by atoms with Crippen LogP contribution in [0.4, 0.5) is 5.69 Å². The number of thiophene rings is 1. The van der Waals surface area contributed by atoms with E-state index in [9.17, 15) is 9.59 Å². The number of carbonyl (C=O) groups is 2. The number of aryl methyl sites for hydroxylation is 1. The Hall–Kier alpha value is -2.42. The van der Waals surface area contributed by atoms with Crippen LogP contribution in [0.25, 0.3) is 0 Å². The number of benzene rings is 1. The minimum Gasteiger partial charge on any atom is -0.495 e. The Balaban J connectivity index is 1.62. The lowest BCUT2D eigenvalue weighted by molar-refractivity contribution is -0.136. The van der Waals surface area contributed by atoms with Crippen LogP contribution in [0, 0.1) is 6.92 Å². The zero-order valence-corrected chi connectivity index (χ0v) is 17.9. The van der Waals surface area contributed by atoms with Gasteiger partial charge in [0.25, 0.3) is 0 Å². The maximum Gasteiger partial charge on any atom is 0.313 e. The number of ether oxygens (including phenoxy) is 1. The SMILES string of the molecule is COc1ccc(C)cc1NC(=O)C(=O)NC[C@@H](c1ccsc1)N1CCN(C)CC1. The zero-order chi connectivity index (χ0) is 20.8. The van der Waals surface area contributed by atoms with Crippen molar-refractivity contribution in [1.29, 1.82) is 0 Å². The maximum atomic E-state index is 12.5. The maximum absolute atomic E-state index is 12.5. The van der Waals surface area contributed by atoms with Gasteiger partial charge in [0, 0.05) is 32.7 Å². The van der Waals surface area contributed by atoms with Gasteiger partial charge in [-0.3, -0.25) is 14.5 Å². The normalized spacial score (nSPS) is 16.2. The van der Waals surface area contributed by atoms with Crippen molar-refractivity contribution in [2.45, 2.75) is 13.0 Å². The molecule has 0 unspecified atom stereocenters. The number of piperazine rings is 1. The first-order valence-electron chi connectivity index (χ1n) is 9.66. The second-order valence-corrected chi connectivity index (χ2v) is 8.06. The Labute approximate surface area is 175 Å². The molecule has 0 radical (unpaired) electrons. The van der Waals surface area contributed by atoms with Gasteiger partial charge in [0.05, 0.1) is 18.8 Å². The number of carbonyl (C=O) groups excluding carboxylic acids is 2. The molecule has 2 N–H and O–H groups in total. The highest BCUT2D eigenvalue weighted by Crippen LogP contribution is 2.25. The van der Waals surface area contributed by atoms with Crippen molar-refractivity contribution in [3.63, 3.8) is 0 Å². The van der Waals surface area contributed by atoms with Gasteiger partial charge in [0.1, 0.15) is 5.75 Å². The van der Waals surface area contributed by atoms with E-state index in [1.807, 2.05) is 18.4 Å². The molecule has 1 atom stereocenters. The van der Waals surface area contributed by atoms with Gasteiger partial charge in [-0.05, 0) is 54.1 Å². The third kappa shape index (κ3) is 5.56. The molecule has 1 aromatic carbocycles. The standard InChI is InChI=1S/C21H28N4O3S/c1-15-4-5-19(28-3)17(12-15)23-21(27)20(26)22-13-18(16-6-11-29-14-16)25-9-7-24(2)8-10-25/h4-6,11-12,14,18H,7-10,13H2,1-3H3,(H,22,26)(H,23,27)/t18-/m0/s1. The van der Waals surface area contributed by atoms with Crippen LogP contribution in [-0.2, 0) is 9.59 Å². The first kappa shape index (κ1) is 21.3. The molecule has 1 aromatic heterocycles. The highest BCUT2D eigenvalue weighted by Gasteiger charge is 2.26. The number of rotatable bonds is 6. The molecule has 0 spiro atoms. The van der Waals surface area contributed by atoms with E-state index in [0.29, 0.717) is 18.0 Å². The molecule has 1 saturated heterocycles. The molecule has 156 valence electrons. The summed E-state index contributed by atoms with van der Waals surface area (Å²) in [5.74, 6) is -0.829. The Bertz CT molecular complexity index is 832. The molecule has 1 aliphatic heterocycles. The number of methoxy groups -OCH3 is 1. The Morgan fingerprint density at radius 2 is 1.93 bits per heavy atom. The highest BCUT2D eigenvalue weighted by molar-refractivity contribution is 7.08. The summed E-state index contributed by atoms with van der Waals surface area (Å²) in [6, 6.07) is 7.57. The molecule has 2 amide bonds. The summed E-state index contributed by atoms with van der Waals surface area (Å²) < 4.78 is 5.26. The molecule has 1 aliphatic rings. The lowest BCUT2D eigenvalue weighted by Crippen LogP contribution is -2.49. The molecule has 3 rings (SSSR count). The minimum atomic E-state index is -0.698. The van der Waals surface area contributed by atoms with Crippen molar-refractivity contribution in [2.75, 3.05) is 52.2 Å². The number of hydrogen-bond acceptors (Lipinski definition) is 6. The molecule has 0 aliphatic carbocycles. The Morgan fingerprint density at radius 3 is 2.59 bits per heavy atom. The first-order valence-corrected chi connectivity index (χ1v) is 10.6. The van der Waals surface area contributed by atoms with Gasteiger partial charge in [-0.2, -0.15) is 11.3 Å². The van der Waals surface area contributed by atoms with Crippen LogP contribution in [0.2, 0.25) is 0 Å². The van der Waals surface area contributed by atoms with E-state index in [1.165, 1.54) is 12.7 Å². The van der Waals surface area contributed by atoms with Gasteiger partial charge < -0.3 is 20.3 Å². The number of amides is 2. The lowest BCUT2D eigenvalue weighted by Gasteiger charge is -2.37. The molecular weight excluding hydrogens is 388 g/mol. The quantitative estimate of drug-likeness (QED) is 0.706. The van der Waals surface area contributed by atoms with Gasteiger partial charge in [0.2, 0.25) is 0 Å². The topological polar surface area (TPSA) is 73.9 Å². The van der Waals surface area contributed by atoms with Crippen molar-refractivity contribution >= 4 is 28.8 Å². The van der Waals surface area contributed by atoms with Crippen LogP contribution in [0.15, 0.2) is 35.0 Å². The molecule has 8 heteroatoms. The number of anilines is 1. The molecule has 0 bridgehead atoms. The van der Waals surface area contributed by atoms with Crippen LogP contribution < -0.4 is 15.4 Å². The van der Waals surface area contributed by atoms with Crippen LogP contribution in [0.3, 0.4) is 0 Å². The fourth-order valence-electron chi connectivity index (χ4n) is 3.42. The number of nitrogens with zero attached hydrogens (tertiary/aromatic N) is 2. The molecule has 2 heterocycles. The van der Waals surface area contributed by atoms with Crippen LogP contribution in [0.1, 0.15) is 17.2 Å². The van der Waals surface area contributed by atoms with Crippen molar-refractivity contribution < 1.29 is 14.3 Å².